The van der Waals surface area contributed by atoms with E-state index in [1.54, 1.807) is 0 Å². The van der Waals surface area contributed by atoms with Gasteiger partial charge in [0.2, 0.25) is 5.91 Å². The topological polar surface area (TPSA) is 84.2 Å². The zero-order valence-corrected chi connectivity index (χ0v) is 16.0. The van der Waals surface area contributed by atoms with Crippen LogP contribution in [0.5, 0.6) is 0 Å². The van der Waals surface area contributed by atoms with Gasteiger partial charge >= 0.3 is 6.03 Å². The van der Waals surface area contributed by atoms with Crippen molar-refractivity contribution in [3.63, 3.8) is 0 Å². The Morgan fingerprint density at radius 2 is 1.85 bits per heavy atom. The van der Waals surface area contributed by atoms with Gasteiger partial charge in [0.05, 0.1) is 18.0 Å². The van der Waals surface area contributed by atoms with Crippen LogP contribution in [0.15, 0.2) is 59.1 Å². The Balaban J connectivity index is 1.74. The minimum Gasteiger partial charge on any atom is -0.352 e. The summed E-state index contributed by atoms with van der Waals surface area (Å²) in [4.78, 5) is 24.2. The van der Waals surface area contributed by atoms with E-state index in [0.717, 1.165) is 34.9 Å². The molecule has 0 aliphatic heterocycles. The van der Waals surface area contributed by atoms with Crippen molar-refractivity contribution in [1.29, 1.82) is 0 Å². The molecule has 1 aliphatic carbocycles. The lowest BCUT2D eigenvalue weighted by molar-refractivity contribution is -0.124. The van der Waals surface area contributed by atoms with Crippen LogP contribution in [0.2, 0.25) is 0 Å². The molecule has 2 aromatic carbocycles. The van der Waals surface area contributed by atoms with Gasteiger partial charge in [0.15, 0.2) is 0 Å². The molecule has 0 saturated heterocycles. The first-order chi connectivity index (χ1) is 12.5. The lowest BCUT2D eigenvalue weighted by Gasteiger charge is -2.43. The van der Waals surface area contributed by atoms with Gasteiger partial charge in [0, 0.05) is 4.47 Å². The van der Waals surface area contributed by atoms with Crippen molar-refractivity contribution in [3.05, 3.63) is 70.2 Å². The van der Waals surface area contributed by atoms with Gasteiger partial charge in [-0.1, -0.05) is 58.4 Å². The number of carbonyl (C=O) groups excluding carboxylic acids is 2. The van der Waals surface area contributed by atoms with Crippen LogP contribution in [0.25, 0.3) is 0 Å². The highest BCUT2D eigenvalue weighted by Gasteiger charge is 2.40. The van der Waals surface area contributed by atoms with Crippen LogP contribution in [0.4, 0.5) is 4.79 Å². The average Bonchev–Trinajstić information content (AvgIpc) is 2.58. The Morgan fingerprint density at radius 1 is 1.12 bits per heavy atom. The van der Waals surface area contributed by atoms with Gasteiger partial charge in [0.1, 0.15) is 0 Å². The van der Waals surface area contributed by atoms with E-state index in [-0.39, 0.29) is 17.9 Å². The van der Waals surface area contributed by atoms with Gasteiger partial charge in [0.25, 0.3) is 0 Å². The Morgan fingerprint density at radius 3 is 2.42 bits per heavy atom. The molecule has 0 spiro atoms. The standard InChI is InChI=1S/C20H22BrN3O2/c21-16-9-4-6-14(12-16)17(23-19(22)26)13-18(25)24-20(10-5-11-20)15-7-2-1-3-8-15/h1-4,6-9,12,17H,5,10-11,13H2,(H,24,25)(H3,22,23,26). The number of amides is 3. The molecule has 0 heterocycles. The summed E-state index contributed by atoms with van der Waals surface area (Å²) in [6.45, 7) is 0. The molecule has 5 nitrogen and oxygen atoms in total. The Hall–Kier alpha value is -2.34. The van der Waals surface area contributed by atoms with Crippen molar-refractivity contribution in [2.75, 3.05) is 0 Å². The molecule has 0 bridgehead atoms. The van der Waals surface area contributed by atoms with Gasteiger partial charge in [-0.3, -0.25) is 4.79 Å². The maximum atomic E-state index is 12.8. The van der Waals surface area contributed by atoms with E-state index in [1.807, 2.05) is 54.6 Å². The molecule has 1 fully saturated rings. The Labute approximate surface area is 161 Å². The molecule has 3 amide bonds. The highest BCUT2D eigenvalue weighted by Crippen LogP contribution is 2.41. The molecule has 0 aromatic heterocycles. The normalized spacial score (nSPS) is 16.2. The second kappa shape index (κ2) is 7.91. The second-order valence-corrected chi connectivity index (χ2v) is 7.59. The number of hydrogen-bond donors (Lipinski definition) is 3. The predicted octanol–water partition coefficient (Wildman–Crippen LogP) is 3.74. The zero-order valence-electron chi connectivity index (χ0n) is 14.4. The van der Waals surface area contributed by atoms with Crippen LogP contribution < -0.4 is 16.4 Å². The molecule has 1 aliphatic rings. The van der Waals surface area contributed by atoms with Crippen molar-refractivity contribution >= 4 is 27.9 Å². The van der Waals surface area contributed by atoms with Crippen molar-refractivity contribution in [1.82, 2.24) is 10.6 Å². The summed E-state index contributed by atoms with van der Waals surface area (Å²) in [6, 6.07) is 16.4. The second-order valence-electron chi connectivity index (χ2n) is 6.67. The predicted molar refractivity (Wildman–Crippen MR) is 104 cm³/mol. The number of hydrogen-bond acceptors (Lipinski definition) is 2. The Bertz CT molecular complexity index is 791. The van der Waals surface area contributed by atoms with E-state index in [9.17, 15) is 9.59 Å². The number of rotatable bonds is 6. The zero-order chi connectivity index (χ0) is 18.6. The summed E-state index contributed by atoms with van der Waals surface area (Å²) in [6.07, 6.45) is 3.07. The van der Waals surface area contributed by atoms with Gasteiger partial charge in [-0.25, -0.2) is 4.79 Å². The lowest BCUT2D eigenvalue weighted by Crippen LogP contribution is -2.51. The van der Waals surface area contributed by atoms with Gasteiger partial charge in [-0.15, -0.1) is 0 Å². The van der Waals surface area contributed by atoms with Crippen LogP contribution in [0.3, 0.4) is 0 Å². The molecule has 1 atom stereocenters. The fraction of sp³-hybridized carbons (Fsp3) is 0.300. The van der Waals surface area contributed by atoms with Crippen molar-refractivity contribution in [3.8, 4) is 0 Å². The summed E-state index contributed by atoms with van der Waals surface area (Å²) < 4.78 is 0.881. The first-order valence-corrected chi connectivity index (χ1v) is 9.46. The summed E-state index contributed by atoms with van der Waals surface area (Å²) in [7, 11) is 0. The number of primary amides is 1. The van der Waals surface area contributed by atoms with Gasteiger partial charge < -0.3 is 16.4 Å². The van der Waals surface area contributed by atoms with Crippen molar-refractivity contribution < 1.29 is 9.59 Å². The molecule has 6 heteroatoms. The summed E-state index contributed by atoms with van der Waals surface area (Å²) in [5.41, 5.74) is 6.96. The first-order valence-electron chi connectivity index (χ1n) is 8.66. The molecule has 0 radical (unpaired) electrons. The monoisotopic (exact) mass is 415 g/mol. The van der Waals surface area contributed by atoms with Crippen molar-refractivity contribution in [2.45, 2.75) is 37.3 Å². The quantitative estimate of drug-likeness (QED) is 0.670. The minimum atomic E-state index is -0.649. The molecule has 136 valence electrons. The molecule has 4 N–H and O–H groups in total. The summed E-state index contributed by atoms with van der Waals surface area (Å²) in [5, 5.41) is 5.86. The number of benzene rings is 2. The number of nitrogens with one attached hydrogen (secondary N) is 2. The molecular weight excluding hydrogens is 394 g/mol. The molecular formula is C20H22BrN3O2. The van der Waals surface area contributed by atoms with E-state index < -0.39 is 12.1 Å². The fourth-order valence-corrected chi connectivity index (χ4v) is 3.84. The minimum absolute atomic E-state index is 0.104. The third-order valence-corrected chi connectivity index (χ3v) is 5.36. The highest BCUT2D eigenvalue weighted by atomic mass is 79.9. The SMILES string of the molecule is NC(=O)NC(CC(=O)NC1(c2ccccc2)CCC1)c1cccc(Br)c1. The van der Waals surface area contributed by atoms with Crippen LogP contribution >= 0.6 is 15.9 Å². The van der Waals surface area contributed by atoms with Crippen molar-refractivity contribution in [2.24, 2.45) is 5.73 Å². The molecule has 2 aromatic rings. The molecule has 3 rings (SSSR count). The molecule has 1 saturated carbocycles. The summed E-state index contributed by atoms with van der Waals surface area (Å²) >= 11 is 3.42. The van der Waals surface area contributed by atoms with Crippen LogP contribution in [-0.4, -0.2) is 11.9 Å². The summed E-state index contributed by atoms with van der Waals surface area (Å²) in [5.74, 6) is -0.104. The number of urea groups is 1. The van der Waals surface area contributed by atoms with E-state index in [2.05, 4.69) is 26.6 Å². The number of nitrogens with two attached hydrogens (primary N) is 1. The maximum absolute atomic E-state index is 12.8. The van der Waals surface area contributed by atoms with Crippen LogP contribution in [-0.2, 0) is 10.3 Å². The smallest absolute Gasteiger partial charge is 0.312 e. The third kappa shape index (κ3) is 4.25. The first kappa shape index (κ1) is 18.5. The van der Waals surface area contributed by atoms with E-state index in [4.69, 9.17) is 5.73 Å². The van der Waals surface area contributed by atoms with E-state index >= 15 is 0 Å². The maximum Gasteiger partial charge on any atom is 0.312 e. The van der Waals surface area contributed by atoms with E-state index in [1.165, 1.54) is 0 Å². The average molecular weight is 416 g/mol. The highest BCUT2D eigenvalue weighted by molar-refractivity contribution is 9.10. The van der Waals surface area contributed by atoms with E-state index in [0.29, 0.717) is 0 Å². The van der Waals surface area contributed by atoms with Crippen LogP contribution in [0.1, 0.15) is 42.9 Å². The largest absolute Gasteiger partial charge is 0.352 e. The Kier molecular flexibility index (Phi) is 5.61. The third-order valence-electron chi connectivity index (χ3n) is 4.87. The van der Waals surface area contributed by atoms with Crippen LogP contribution in [0, 0.1) is 0 Å². The fourth-order valence-electron chi connectivity index (χ4n) is 3.42. The number of carbonyl (C=O) groups is 2. The van der Waals surface area contributed by atoms with Gasteiger partial charge in [-0.05, 0) is 42.5 Å². The number of halogens is 1. The lowest BCUT2D eigenvalue weighted by atomic mass is 9.71. The molecule has 1 unspecified atom stereocenters. The van der Waals surface area contributed by atoms with Gasteiger partial charge in [-0.2, -0.15) is 0 Å². The molecule has 26 heavy (non-hydrogen) atoms.